The van der Waals surface area contributed by atoms with Crippen LogP contribution in [0.3, 0.4) is 0 Å². The lowest BCUT2D eigenvalue weighted by Crippen LogP contribution is -2.39. The van der Waals surface area contributed by atoms with Crippen molar-refractivity contribution in [3.8, 4) is 0 Å². The first-order valence-corrected chi connectivity index (χ1v) is 11.9. The minimum Gasteiger partial charge on any atom is -0.339 e. The predicted octanol–water partition coefficient (Wildman–Crippen LogP) is 4.38. The lowest BCUT2D eigenvalue weighted by Gasteiger charge is -2.32. The van der Waals surface area contributed by atoms with Crippen molar-refractivity contribution in [3.63, 3.8) is 0 Å². The molecule has 2 saturated heterocycles. The number of carbonyl (C=O) groups is 2. The number of fused-ring (bicyclic) bond motifs is 1. The number of hydrogen-bond donors (Lipinski definition) is 1. The molecule has 0 saturated carbocycles. The normalized spacial score (nSPS) is 18.2. The zero-order valence-corrected chi connectivity index (χ0v) is 18.5. The molecule has 2 aliphatic rings. The molecule has 5 nitrogen and oxygen atoms in total. The summed E-state index contributed by atoms with van der Waals surface area (Å²) in [6.07, 6.45) is 6.75. The monoisotopic (exact) mass is 429 g/mol. The van der Waals surface area contributed by atoms with E-state index < -0.39 is 0 Å². The molecule has 32 heavy (non-hydrogen) atoms. The van der Waals surface area contributed by atoms with E-state index in [1.54, 1.807) is 4.57 Å². The van der Waals surface area contributed by atoms with Gasteiger partial charge in [-0.1, -0.05) is 36.4 Å². The molecule has 3 heterocycles. The Morgan fingerprint density at radius 2 is 1.66 bits per heavy atom. The van der Waals surface area contributed by atoms with Crippen LogP contribution in [0.1, 0.15) is 46.4 Å². The Balaban J connectivity index is 1.27. The fraction of sp³-hybridized carbons (Fsp3) is 0.407. The van der Waals surface area contributed by atoms with Gasteiger partial charge in [-0.3, -0.25) is 14.2 Å². The maximum atomic E-state index is 13.2. The second kappa shape index (κ2) is 9.29. The molecule has 0 radical (unpaired) electrons. The van der Waals surface area contributed by atoms with Gasteiger partial charge >= 0.3 is 0 Å². The van der Waals surface area contributed by atoms with E-state index in [0.717, 1.165) is 69.2 Å². The Bertz CT molecular complexity index is 1090. The van der Waals surface area contributed by atoms with Crippen LogP contribution in [0.2, 0.25) is 0 Å². The average molecular weight is 430 g/mol. The fourth-order valence-electron chi connectivity index (χ4n) is 5.19. The van der Waals surface area contributed by atoms with Crippen molar-refractivity contribution in [2.45, 2.75) is 32.1 Å². The highest BCUT2D eigenvalue weighted by atomic mass is 16.2. The van der Waals surface area contributed by atoms with Crippen LogP contribution in [-0.4, -0.2) is 47.5 Å². The van der Waals surface area contributed by atoms with E-state index in [-0.39, 0.29) is 17.7 Å². The van der Waals surface area contributed by atoms with Crippen LogP contribution >= 0.6 is 0 Å². The number of nitrogens with one attached hydrogen (secondary N) is 1. The zero-order chi connectivity index (χ0) is 21.9. The van der Waals surface area contributed by atoms with Crippen molar-refractivity contribution in [2.24, 2.45) is 11.8 Å². The second-order valence-corrected chi connectivity index (χ2v) is 9.25. The highest BCUT2D eigenvalue weighted by Crippen LogP contribution is 2.25. The van der Waals surface area contributed by atoms with E-state index in [0.29, 0.717) is 11.5 Å². The fourth-order valence-corrected chi connectivity index (χ4v) is 5.19. The van der Waals surface area contributed by atoms with Crippen LogP contribution in [-0.2, 0) is 6.42 Å². The Morgan fingerprint density at radius 3 is 2.41 bits per heavy atom. The molecule has 2 fully saturated rings. The molecule has 0 spiro atoms. The summed E-state index contributed by atoms with van der Waals surface area (Å²) < 4.78 is 1.76. The molecular formula is C27H31N3O2. The predicted molar refractivity (Wildman–Crippen MR) is 127 cm³/mol. The van der Waals surface area contributed by atoms with Gasteiger partial charge in [0.15, 0.2) is 0 Å². The minimum atomic E-state index is 0.0508. The van der Waals surface area contributed by atoms with Gasteiger partial charge in [-0.05, 0) is 74.9 Å². The van der Waals surface area contributed by atoms with Crippen LogP contribution in [0.5, 0.6) is 0 Å². The largest absolute Gasteiger partial charge is 0.339 e. The highest BCUT2D eigenvalue weighted by Gasteiger charge is 2.26. The van der Waals surface area contributed by atoms with Gasteiger partial charge in [0.25, 0.3) is 5.91 Å². The minimum absolute atomic E-state index is 0.0508. The lowest BCUT2D eigenvalue weighted by molar-refractivity contribution is 0.0690. The first kappa shape index (κ1) is 21.0. The van der Waals surface area contributed by atoms with Gasteiger partial charge in [-0.25, -0.2) is 0 Å². The molecule has 5 rings (SSSR count). The van der Waals surface area contributed by atoms with Gasteiger partial charge in [0.2, 0.25) is 5.91 Å². The Kier molecular flexibility index (Phi) is 6.08. The summed E-state index contributed by atoms with van der Waals surface area (Å²) in [5.41, 5.74) is 2.90. The Morgan fingerprint density at radius 1 is 0.906 bits per heavy atom. The number of benzene rings is 2. The van der Waals surface area contributed by atoms with Crippen molar-refractivity contribution in [3.05, 3.63) is 71.9 Å². The maximum Gasteiger partial charge on any atom is 0.253 e. The number of amides is 1. The molecule has 0 bridgehead atoms. The van der Waals surface area contributed by atoms with Crippen LogP contribution in [0.25, 0.3) is 10.9 Å². The topological polar surface area (TPSA) is 54.3 Å². The Hall–Kier alpha value is -2.92. The maximum absolute atomic E-state index is 13.2. The SMILES string of the molecule is O=C(c1ccc2ccn(C(=O)C3CCNCC3)c2c1)N1CCC(Cc2ccccc2)CC1. The average Bonchev–Trinajstić information content (AvgIpc) is 3.28. The van der Waals surface area contributed by atoms with E-state index in [4.69, 9.17) is 0 Å². The van der Waals surface area contributed by atoms with Crippen LogP contribution < -0.4 is 5.32 Å². The number of piperidine rings is 2. The van der Waals surface area contributed by atoms with Crippen LogP contribution in [0, 0.1) is 11.8 Å². The van der Waals surface area contributed by atoms with E-state index in [1.807, 2.05) is 35.4 Å². The molecule has 3 aromatic rings. The molecule has 1 aromatic heterocycles. The van der Waals surface area contributed by atoms with Crippen molar-refractivity contribution >= 4 is 22.7 Å². The molecule has 2 aliphatic heterocycles. The smallest absolute Gasteiger partial charge is 0.253 e. The third-order valence-electron chi connectivity index (χ3n) is 7.13. The summed E-state index contributed by atoms with van der Waals surface area (Å²) in [4.78, 5) is 28.3. The van der Waals surface area contributed by atoms with E-state index in [2.05, 4.69) is 35.6 Å². The van der Waals surface area contributed by atoms with Gasteiger partial charge < -0.3 is 10.2 Å². The number of nitrogens with zero attached hydrogens (tertiary/aromatic N) is 2. The Labute approximate surface area is 189 Å². The molecule has 166 valence electrons. The highest BCUT2D eigenvalue weighted by molar-refractivity contribution is 6.00. The van der Waals surface area contributed by atoms with Crippen LogP contribution in [0.15, 0.2) is 60.8 Å². The van der Waals surface area contributed by atoms with Gasteiger partial charge in [-0.15, -0.1) is 0 Å². The van der Waals surface area contributed by atoms with Gasteiger partial charge in [-0.2, -0.15) is 0 Å². The molecular weight excluding hydrogens is 398 g/mol. The van der Waals surface area contributed by atoms with Gasteiger partial charge in [0.1, 0.15) is 0 Å². The van der Waals surface area contributed by atoms with Crippen molar-refractivity contribution in [1.82, 2.24) is 14.8 Å². The van der Waals surface area contributed by atoms with Crippen LogP contribution in [0.4, 0.5) is 0 Å². The first-order chi connectivity index (χ1) is 15.7. The molecule has 0 aliphatic carbocycles. The summed E-state index contributed by atoms with van der Waals surface area (Å²) in [7, 11) is 0. The second-order valence-electron chi connectivity index (χ2n) is 9.25. The number of rotatable bonds is 4. The number of carbonyl (C=O) groups excluding carboxylic acids is 2. The molecule has 2 aromatic carbocycles. The van der Waals surface area contributed by atoms with Gasteiger partial charge in [0.05, 0.1) is 5.52 Å². The zero-order valence-electron chi connectivity index (χ0n) is 18.5. The summed E-state index contributed by atoms with van der Waals surface area (Å²) in [5, 5.41) is 4.32. The van der Waals surface area contributed by atoms with E-state index in [1.165, 1.54) is 5.56 Å². The summed E-state index contributed by atoms with van der Waals surface area (Å²) >= 11 is 0. The molecule has 0 unspecified atom stereocenters. The molecule has 1 amide bonds. The number of aromatic nitrogens is 1. The van der Waals surface area contributed by atoms with E-state index >= 15 is 0 Å². The third-order valence-corrected chi connectivity index (χ3v) is 7.13. The van der Waals surface area contributed by atoms with Crippen molar-refractivity contribution in [2.75, 3.05) is 26.2 Å². The summed E-state index contributed by atoms with van der Waals surface area (Å²) in [6, 6.07) is 18.4. The number of hydrogen-bond acceptors (Lipinski definition) is 3. The summed E-state index contributed by atoms with van der Waals surface area (Å²) in [5.74, 6) is 0.901. The quantitative estimate of drug-likeness (QED) is 0.670. The van der Waals surface area contributed by atoms with Crippen molar-refractivity contribution in [1.29, 1.82) is 0 Å². The van der Waals surface area contributed by atoms with Gasteiger partial charge in [0, 0.05) is 36.2 Å². The lowest BCUT2D eigenvalue weighted by atomic mass is 9.90. The summed E-state index contributed by atoms with van der Waals surface area (Å²) in [6.45, 7) is 3.37. The molecule has 0 atom stereocenters. The number of likely N-dealkylation sites (tertiary alicyclic amines) is 1. The third kappa shape index (κ3) is 4.35. The van der Waals surface area contributed by atoms with E-state index in [9.17, 15) is 9.59 Å². The molecule has 1 N–H and O–H groups in total. The standard InChI is InChI=1S/C27H31N3O2/c31-26(29-15-10-21(11-16-29)18-20-4-2-1-3-5-20)24-7-6-22-12-17-30(25(22)19-24)27(32)23-8-13-28-14-9-23/h1-7,12,17,19,21,23,28H,8-11,13-16,18H2. The first-order valence-electron chi connectivity index (χ1n) is 11.9. The van der Waals surface area contributed by atoms with Crippen molar-refractivity contribution < 1.29 is 9.59 Å². The molecule has 5 heteroatoms.